The molecular weight excluding hydrogens is 324 g/mol. The quantitative estimate of drug-likeness (QED) is 0.733. The van der Waals surface area contributed by atoms with Gasteiger partial charge in [0.25, 0.3) is 0 Å². The Bertz CT molecular complexity index is 505. The molecule has 0 aromatic carbocycles. The van der Waals surface area contributed by atoms with E-state index in [-0.39, 0.29) is 24.9 Å². The average Bonchev–Trinajstić information content (AvgIpc) is 2.99. The van der Waals surface area contributed by atoms with Crippen LogP contribution in [-0.2, 0) is 9.53 Å². The van der Waals surface area contributed by atoms with Gasteiger partial charge in [0.2, 0.25) is 5.91 Å². The minimum Gasteiger partial charge on any atom is -0.444 e. The van der Waals surface area contributed by atoms with Gasteiger partial charge in [-0.1, -0.05) is 32.8 Å². The van der Waals surface area contributed by atoms with Gasteiger partial charge < -0.3 is 15.4 Å². The highest BCUT2D eigenvalue weighted by molar-refractivity contribution is 7.10. The van der Waals surface area contributed by atoms with Gasteiger partial charge in [0.1, 0.15) is 5.60 Å². The van der Waals surface area contributed by atoms with E-state index < -0.39 is 11.7 Å². The van der Waals surface area contributed by atoms with Crippen LogP contribution in [0, 0.1) is 5.92 Å². The molecule has 0 aliphatic rings. The molecule has 24 heavy (non-hydrogen) atoms. The Labute approximate surface area is 149 Å². The van der Waals surface area contributed by atoms with Crippen molar-refractivity contribution in [3.8, 4) is 0 Å². The van der Waals surface area contributed by atoms with Crippen molar-refractivity contribution in [3.05, 3.63) is 22.4 Å². The number of hydrogen-bond donors (Lipinski definition) is 2. The van der Waals surface area contributed by atoms with E-state index in [1.165, 1.54) is 4.88 Å². The lowest BCUT2D eigenvalue weighted by molar-refractivity contribution is -0.122. The molecule has 0 spiro atoms. The Kier molecular flexibility index (Phi) is 8.25. The van der Waals surface area contributed by atoms with Crippen LogP contribution in [0.2, 0.25) is 0 Å². The number of carbonyl (C=O) groups excluding carboxylic acids is 2. The van der Waals surface area contributed by atoms with E-state index in [0.717, 1.165) is 12.8 Å². The van der Waals surface area contributed by atoms with Crippen LogP contribution in [0.15, 0.2) is 17.5 Å². The van der Waals surface area contributed by atoms with Crippen LogP contribution in [0.1, 0.15) is 64.8 Å². The first-order chi connectivity index (χ1) is 11.3. The number of alkyl carbamates (subject to hydrolysis) is 1. The second kappa shape index (κ2) is 9.67. The predicted molar refractivity (Wildman–Crippen MR) is 98.1 cm³/mol. The molecule has 0 aliphatic heterocycles. The lowest BCUT2D eigenvalue weighted by Gasteiger charge is -2.25. The second-order valence-corrected chi connectivity index (χ2v) is 7.80. The third kappa shape index (κ3) is 7.34. The molecule has 5 nitrogen and oxygen atoms in total. The van der Waals surface area contributed by atoms with Gasteiger partial charge in [-0.3, -0.25) is 4.79 Å². The third-order valence-electron chi connectivity index (χ3n) is 3.71. The summed E-state index contributed by atoms with van der Waals surface area (Å²) in [5, 5.41) is 7.77. The van der Waals surface area contributed by atoms with Crippen molar-refractivity contribution in [2.24, 2.45) is 5.92 Å². The summed E-state index contributed by atoms with van der Waals surface area (Å²) in [5.74, 6) is 0.350. The molecule has 1 aromatic rings. The first-order valence-electron chi connectivity index (χ1n) is 8.56. The van der Waals surface area contributed by atoms with Crippen molar-refractivity contribution < 1.29 is 14.3 Å². The minimum atomic E-state index is -0.536. The van der Waals surface area contributed by atoms with Crippen LogP contribution in [0.5, 0.6) is 0 Å². The van der Waals surface area contributed by atoms with Crippen molar-refractivity contribution in [2.45, 2.75) is 65.5 Å². The molecule has 0 saturated carbocycles. The average molecular weight is 355 g/mol. The van der Waals surface area contributed by atoms with Crippen LogP contribution < -0.4 is 10.6 Å². The number of nitrogens with one attached hydrogen (secondary N) is 2. The highest BCUT2D eigenvalue weighted by atomic mass is 32.1. The van der Waals surface area contributed by atoms with Crippen LogP contribution in [0.4, 0.5) is 4.79 Å². The molecule has 1 atom stereocenters. The summed E-state index contributed by atoms with van der Waals surface area (Å²) >= 11 is 1.66. The van der Waals surface area contributed by atoms with Gasteiger partial charge in [-0.2, -0.15) is 0 Å². The zero-order valence-electron chi connectivity index (χ0n) is 15.3. The minimum absolute atomic E-state index is 0.0361. The summed E-state index contributed by atoms with van der Waals surface area (Å²) in [4.78, 5) is 25.0. The van der Waals surface area contributed by atoms with E-state index in [1.807, 2.05) is 11.4 Å². The van der Waals surface area contributed by atoms with Gasteiger partial charge in [-0.25, -0.2) is 4.79 Å². The molecule has 0 bridgehead atoms. The molecule has 1 aromatic heterocycles. The van der Waals surface area contributed by atoms with Gasteiger partial charge in [-0.15, -0.1) is 11.3 Å². The van der Waals surface area contributed by atoms with Crippen LogP contribution in [-0.4, -0.2) is 24.1 Å². The van der Waals surface area contributed by atoms with Gasteiger partial charge in [0.05, 0.1) is 6.04 Å². The molecular formula is C18H30N2O3S. The van der Waals surface area contributed by atoms with Gasteiger partial charge >= 0.3 is 6.09 Å². The fourth-order valence-corrected chi connectivity index (χ4v) is 3.36. The monoisotopic (exact) mass is 354 g/mol. The standard InChI is InChI=1S/C18H30N2O3S/c1-6-13(7-2)16(14-9-8-12-24-14)20-15(21)10-11-19-17(22)23-18(3,4)5/h8-9,12-13,16H,6-7,10-11H2,1-5H3,(H,19,22)(H,20,21). The van der Waals surface area contributed by atoms with Crippen molar-refractivity contribution in [1.29, 1.82) is 0 Å². The van der Waals surface area contributed by atoms with Gasteiger partial charge in [0, 0.05) is 17.8 Å². The summed E-state index contributed by atoms with van der Waals surface area (Å²) in [6.45, 7) is 9.97. The topological polar surface area (TPSA) is 67.4 Å². The summed E-state index contributed by atoms with van der Waals surface area (Å²) in [7, 11) is 0. The summed E-state index contributed by atoms with van der Waals surface area (Å²) in [5.41, 5.74) is -0.536. The highest BCUT2D eigenvalue weighted by Crippen LogP contribution is 2.30. The SMILES string of the molecule is CCC(CC)C(NC(=O)CCNC(=O)OC(C)(C)C)c1cccs1. The maximum absolute atomic E-state index is 12.3. The molecule has 1 unspecified atom stereocenters. The second-order valence-electron chi connectivity index (χ2n) is 6.82. The molecule has 2 N–H and O–H groups in total. The lowest BCUT2D eigenvalue weighted by Crippen LogP contribution is -2.37. The van der Waals surface area contributed by atoms with Crippen molar-refractivity contribution in [2.75, 3.05) is 6.54 Å². The predicted octanol–water partition coefficient (Wildman–Crippen LogP) is 4.26. The first-order valence-corrected chi connectivity index (χ1v) is 9.44. The first kappa shape index (κ1) is 20.5. The zero-order valence-corrected chi connectivity index (χ0v) is 16.2. The van der Waals surface area contributed by atoms with E-state index in [1.54, 1.807) is 32.1 Å². The molecule has 1 rings (SSSR count). The maximum Gasteiger partial charge on any atom is 0.407 e. The molecule has 2 amide bonds. The van der Waals surface area contributed by atoms with Crippen LogP contribution in [0.3, 0.4) is 0 Å². The van der Waals surface area contributed by atoms with E-state index in [0.29, 0.717) is 5.92 Å². The van der Waals surface area contributed by atoms with Crippen LogP contribution >= 0.6 is 11.3 Å². The number of carbonyl (C=O) groups is 2. The molecule has 0 radical (unpaired) electrons. The normalized spacial score (nSPS) is 12.8. The number of ether oxygens (including phenoxy) is 1. The smallest absolute Gasteiger partial charge is 0.407 e. The number of amides is 2. The Morgan fingerprint density at radius 2 is 1.92 bits per heavy atom. The lowest BCUT2D eigenvalue weighted by atomic mass is 9.93. The van der Waals surface area contributed by atoms with Crippen molar-refractivity contribution >= 4 is 23.3 Å². The van der Waals surface area contributed by atoms with Crippen molar-refractivity contribution in [1.82, 2.24) is 10.6 Å². The van der Waals surface area contributed by atoms with E-state index in [9.17, 15) is 9.59 Å². The van der Waals surface area contributed by atoms with E-state index in [4.69, 9.17) is 4.74 Å². The van der Waals surface area contributed by atoms with Crippen molar-refractivity contribution in [3.63, 3.8) is 0 Å². The zero-order chi connectivity index (χ0) is 18.2. The number of thiophene rings is 1. The number of hydrogen-bond acceptors (Lipinski definition) is 4. The fraction of sp³-hybridized carbons (Fsp3) is 0.667. The molecule has 136 valence electrons. The van der Waals surface area contributed by atoms with E-state index >= 15 is 0 Å². The molecule has 0 saturated heterocycles. The Morgan fingerprint density at radius 1 is 1.25 bits per heavy atom. The van der Waals surface area contributed by atoms with Gasteiger partial charge in [-0.05, 0) is 38.1 Å². The molecule has 1 heterocycles. The fourth-order valence-electron chi connectivity index (χ4n) is 2.49. The highest BCUT2D eigenvalue weighted by Gasteiger charge is 2.23. The molecule has 6 heteroatoms. The number of rotatable bonds is 8. The van der Waals surface area contributed by atoms with E-state index in [2.05, 4.69) is 30.5 Å². The molecule has 0 aliphatic carbocycles. The third-order valence-corrected chi connectivity index (χ3v) is 4.66. The summed E-state index contributed by atoms with van der Waals surface area (Å²) in [6, 6.07) is 4.10. The maximum atomic E-state index is 12.3. The van der Waals surface area contributed by atoms with Gasteiger partial charge in [0.15, 0.2) is 0 Å². The Morgan fingerprint density at radius 3 is 2.42 bits per heavy atom. The van der Waals surface area contributed by atoms with Crippen LogP contribution in [0.25, 0.3) is 0 Å². The largest absolute Gasteiger partial charge is 0.444 e. The summed E-state index contributed by atoms with van der Waals surface area (Å²) < 4.78 is 5.15. The molecule has 0 fully saturated rings. The Balaban J connectivity index is 2.50. The Hall–Kier alpha value is -1.56. The summed E-state index contributed by atoms with van der Waals surface area (Å²) in [6.07, 6.45) is 1.76.